The molecule has 0 fully saturated rings. The zero-order valence-electron chi connectivity index (χ0n) is 16.3. The molecule has 0 amide bonds. The molecule has 0 aliphatic heterocycles. The van der Waals surface area contributed by atoms with Crippen molar-refractivity contribution in [3.8, 4) is 17.2 Å². The number of rotatable bonds is 9. The summed E-state index contributed by atoms with van der Waals surface area (Å²) < 4.78 is 10.7. The molecule has 0 bridgehead atoms. The molecule has 3 N–H and O–H groups in total. The second-order valence-corrected chi connectivity index (χ2v) is 5.76. The summed E-state index contributed by atoms with van der Waals surface area (Å²) in [7, 11) is 1.52. The van der Waals surface area contributed by atoms with Crippen LogP contribution in [0.1, 0.15) is 18.1 Å². The van der Waals surface area contributed by atoms with Gasteiger partial charge in [0.05, 0.1) is 13.7 Å². The van der Waals surface area contributed by atoms with Crippen LogP contribution in [-0.2, 0) is 13.1 Å². The van der Waals surface area contributed by atoms with E-state index in [-0.39, 0.29) is 29.7 Å². The molecule has 152 valence electrons. The first-order chi connectivity index (χ1) is 13.2. The number of para-hydroxylation sites is 1. The summed E-state index contributed by atoms with van der Waals surface area (Å²) in [5.41, 5.74) is 1.92. The largest absolute Gasteiger partial charge is 0.504 e. The zero-order chi connectivity index (χ0) is 19.5. The number of nitrogens with one attached hydrogen (secondary N) is 2. The number of aromatic hydroxyl groups is 1. The molecule has 28 heavy (non-hydrogen) atoms. The predicted octanol–water partition coefficient (Wildman–Crippen LogP) is 3.84. The van der Waals surface area contributed by atoms with Crippen molar-refractivity contribution < 1.29 is 14.6 Å². The maximum atomic E-state index is 9.89. The van der Waals surface area contributed by atoms with Gasteiger partial charge in [-0.3, -0.25) is 0 Å². The van der Waals surface area contributed by atoms with Gasteiger partial charge in [-0.1, -0.05) is 36.9 Å². The first kappa shape index (κ1) is 23.6. The summed E-state index contributed by atoms with van der Waals surface area (Å²) in [6, 6.07) is 13.1. The van der Waals surface area contributed by atoms with Crippen LogP contribution in [0, 0.1) is 0 Å². The molecular weight excluding hydrogens is 469 g/mol. The summed E-state index contributed by atoms with van der Waals surface area (Å²) in [6.07, 6.45) is 1.72. The lowest BCUT2D eigenvalue weighted by Gasteiger charge is -2.14. The third-order valence-corrected chi connectivity index (χ3v) is 3.78. The van der Waals surface area contributed by atoms with Gasteiger partial charge in [-0.25, -0.2) is 4.99 Å². The molecule has 2 aromatic rings. The van der Waals surface area contributed by atoms with Crippen molar-refractivity contribution in [1.82, 2.24) is 10.6 Å². The molecule has 0 atom stereocenters. The molecule has 0 saturated heterocycles. The Morgan fingerprint density at radius 1 is 1.18 bits per heavy atom. The van der Waals surface area contributed by atoms with Gasteiger partial charge >= 0.3 is 0 Å². The molecule has 2 rings (SSSR count). The van der Waals surface area contributed by atoms with Gasteiger partial charge in [0, 0.05) is 18.7 Å². The summed E-state index contributed by atoms with van der Waals surface area (Å²) in [5, 5.41) is 16.4. The summed E-state index contributed by atoms with van der Waals surface area (Å²) >= 11 is 0. The van der Waals surface area contributed by atoms with Crippen LogP contribution in [0.4, 0.5) is 0 Å². The van der Waals surface area contributed by atoms with Gasteiger partial charge in [0.25, 0.3) is 0 Å². The van der Waals surface area contributed by atoms with Crippen molar-refractivity contribution in [3.63, 3.8) is 0 Å². The summed E-state index contributed by atoms with van der Waals surface area (Å²) in [6.45, 7) is 7.91. The van der Waals surface area contributed by atoms with E-state index in [9.17, 15) is 5.11 Å². The molecule has 0 spiro atoms. The van der Waals surface area contributed by atoms with Crippen LogP contribution in [0.5, 0.6) is 17.2 Å². The smallest absolute Gasteiger partial charge is 0.191 e. The van der Waals surface area contributed by atoms with E-state index in [4.69, 9.17) is 9.47 Å². The maximum absolute atomic E-state index is 9.89. The van der Waals surface area contributed by atoms with Gasteiger partial charge in [0.2, 0.25) is 0 Å². The Morgan fingerprint density at radius 3 is 2.64 bits per heavy atom. The predicted molar refractivity (Wildman–Crippen MR) is 124 cm³/mol. The maximum Gasteiger partial charge on any atom is 0.191 e. The van der Waals surface area contributed by atoms with Crippen molar-refractivity contribution >= 4 is 29.9 Å². The monoisotopic (exact) mass is 497 g/mol. The van der Waals surface area contributed by atoms with E-state index in [1.807, 2.05) is 37.3 Å². The number of methoxy groups -OCH3 is 1. The molecule has 0 aliphatic carbocycles. The lowest BCUT2D eigenvalue weighted by Crippen LogP contribution is -2.36. The standard InChI is InChI=1S/C21H27N3O3.HI/c1-4-12-27-19-9-7-6-8-17(19)15-24-21(22-5-2)23-14-16-10-11-20(26-3)18(25)13-16;/h4,6-11,13,25H,1,5,12,14-15H2,2-3H3,(H2,22,23,24);1H. The van der Waals surface area contributed by atoms with Crippen molar-refractivity contribution in [2.75, 3.05) is 20.3 Å². The number of ether oxygens (including phenoxy) is 2. The van der Waals surface area contributed by atoms with Gasteiger partial charge in [-0.15, -0.1) is 24.0 Å². The number of phenols is 1. The Hall–Kier alpha value is -2.42. The Labute approximate surface area is 183 Å². The fraction of sp³-hybridized carbons (Fsp3) is 0.286. The molecule has 0 saturated carbocycles. The number of halogens is 1. The Balaban J connectivity index is 0.00000392. The molecule has 7 heteroatoms. The average molecular weight is 497 g/mol. The van der Waals surface area contributed by atoms with Gasteiger partial charge in [0.15, 0.2) is 17.5 Å². The highest BCUT2D eigenvalue weighted by molar-refractivity contribution is 14.0. The van der Waals surface area contributed by atoms with E-state index < -0.39 is 0 Å². The van der Waals surface area contributed by atoms with Crippen LogP contribution in [0.2, 0.25) is 0 Å². The van der Waals surface area contributed by atoms with Crippen molar-refractivity contribution in [1.29, 1.82) is 0 Å². The minimum absolute atomic E-state index is 0. The highest BCUT2D eigenvalue weighted by Gasteiger charge is 2.05. The normalized spacial score (nSPS) is 10.6. The number of phenolic OH excluding ortho intramolecular Hbond substituents is 1. The van der Waals surface area contributed by atoms with E-state index in [1.165, 1.54) is 7.11 Å². The molecule has 0 aliphatic rings. The fourth-order valence-corrected chi connectivity index (χ4v) is 2.46. The topological polar surface area (TPSA) is 75.1 Å². The van der Waals surface area contributed by atoms with E-state index in [2.05, 4.69) is 22.2 Å². The minimum atomic E-state index is 0. The van der Waals surface area contributed by atoms with Crippen molar-refractivity contribution in [2.24, 2.45) is 4.99 Å². The van der Waals surface area contributed by atoms with Crippen molar-refractivity contribution in [3.05, 3.63) is 66.2 Å². The Morgan fingerprint density at radius 2 is 1.96 bits per heavy atom. The Bertz CT molecular complexity index is 781. The van der Waals surface area contributed by atoms with Gasteiger partial charge in [-0.05, 0) is 30.7 Å². The molecule has 0 radical (unpaired) electrons. The van der Waals surface area contributed by atoms with Crippen LogP contribution in [0.15, 0.2) is 60.1 Å². The Kier molecular flexibility index (Phi) is 10.9. The van der Waals surface area contributed by atoms with Crippen LogP contribution in [0.25, 0.3) is 0 Å². The van der Waals surface area contributed by atoms with Crippen LogP contribution < -0.4 is 20.1 Å². The molecule has 0 unspecified atom stereocenters. The number of guanidine groups is 1. The molecule has 2 aromatic carbocycles. The lowest BCUT2D eigenvalue weighted by molar-refractivity contribution is 0.358. The SMILES string of the molecule is C=CCOc1ccccc1CNC(=NCc1ccc(OC)c(O)c1)NCC.I. The summed E-state index contributed by atoms with van der Waals surface area (Å²) in [5.74, 6) is 2.06. The van der Waals surface area contributed by atoms with E-state index in [1.54, 1.807) is 18.2 Å². The average Bonchev–Trinajstić information content (AvgIpc) is 2.69. The first-order valence-corrected chi connectivity index (χ1v) is 8.87. The quantitative estimate of drug-likeness (QED) is 0.213. The highest BCUT2D eigenvalue weighted by atomic mass is 127. The third-order valence-electron chi connectivity index (χ3n) is 3.78. The van der Waals surface area contributed by atoms with E-state index in [0.717, 1.165) is 23.4 Å². The third kappa shape index (κ3) is 7.30. The number of aliphatic imine (C=N–C) groups is 1. The lowest BCUT2D eigenvalue weighted by atomic mass is 10.2. The van der Waals surface area contributed by atoms with Gasteiger partial charge in [0.1, 0.15) is 12.4 Å². The molecule has 6 nitrogen and oxygen atoms in total. The van der Waals surface area contributed by atoms with Gasteiger partial charge < -0.3 is 25.2 Å². The van der Waals surface area contributed by atoms with Crippen LogP contribution in [-0.4, -0.2) is 31.3 Å². The highest BCUT2D eigenvalue weighted by Crippen LogP contribution is 2.26. The minimum Gasteiger partial charge on any atom is -0.504 e. The van der Waals surface area contributed by atoms with E-state index in [0.29, 0.717) is 31.4 Å². The second-order valence-electron chi connectivity index (χ2n) is 5.76. The van der Waals surface area contributed by atoms with Crippen LogP contribution in [0.3, 0.4) is 0 Å². The summed E-state index contributed by atoms with van der Waals surface area (Å²) in [4.78, 5) is 4.57. The molecule has 0 heterocycles. The second kappa shape index (κ2) is 12.9. The number of hydrogen-bond donors (Lipinski definition) is 3. The molecule has 0 aromatic heterocycles. The number of benzene rings is 2. The van der Waals surface area contributed by atoms with E-state index >= 15 is 0 Å². The first-order valence-electron chi connectivity index (χ1n) is 8.87. The van der Waals surface area contributed by atoms with Gasteiger partial charge in [-0.2, -0.15) is 0 Å². The number of nitrogens with zero attached hydrogens (tertiary/aromatic N) is 1. The number of hydrogen-bond acceptors (Lipinski definition) is 4. The fourth-order valence-electron chi connectivity index (χ4n) is 2.46. The van der Waals surface area contributed by atoms with Crippen LogP contribution >= 0.6 is 24.0 Å². The zero-order valence-corrected chi connectivity index (χ0v) is 18.6. The molecular formula is C21H28IN3O3. The van der Waals surface area contributed by atoms with Crippen molar-refractivity contribution in [2.45, 2.75) is 20.0 Å².